The number of aromatic amines is 1. The van der Waals surface area contributed by atoms with Gasteiger partial charge >= 0.3 is 0 Å². The topological polar surface area (TPSA) is 95.8 Å². The molecule has 4 N–H and O–H groups in total. The Morgan fingerprint density at radius 1 is 1.33 bits per heavy atom. The van der Waals surface area contributed by atoms with Crippen molar-refractivity contribution in [3.8, 4) is 0 Å². The highest BCUT2D eigenvalue weighted by molar-refractivity contribution is 5.83. The molecule has 1 unspecified atom stereocenters. The van der Waals surface area contributed by atoms with Gasteiger partial charge in [0.05, 0.1) is 6.33 Å². The molecule has 2 heterocycles. The van der Waals surface area contributed by atoms with E-state index in [1.807, 2.05) is 0 Å². The molecule has 0 saturated carbocycles. The van der Waals surface area contributed by atoms with Gasteiger partial charge in [0.1, 0.15) is 5.52 Å². The summed E-state index contributed by atoms with van der Waals surface area (Å²) >= 11 is 0. The molecule has 0 aliphatic rings. The van der Waals surface area contributed by atoms with Crippen LogP contribution in [-0.2, 0) is 0 Å². The lowest BCUT2D eigenvalue weighted by molar-refractivity contribution is 0.295. The molecule has 0 aliphatic carbocycles. The average Bonchev–Trinajstić information content (AvgIpc) is 2.92. The van der Waals surface area contributed by atoms with Gasteiger partial charge in [0.15, 0.2) is 11.5 Å². The van der Waals surface area contributed by atoms with Crippen molar-refractivity contribution in [2.75, 3.05) is 30.7 Å². The van der Waals surface area contributed by atoms with E-state index in [1.54, 1.807) is 6.33 Å². The molecule has 2 rings (SSSR count). The van der Waals surface area contributed by atoms with Crippen LogP contribution in [0.4, 0.5) is 11.8 Å². The van der Waals surface area contributed by atoms with Crippen LogP contribution in [-0.4, -0.2) is 50.5 Å². The Balaban J connectivity index is 1.92. The SMILES string of the molecule is CCN(CC)CCCC(C)Nc1nc(N)nc2nc[nH]c12. The molecule has 21 heavy (non-hydrogen) atoms. The van der Waals surface area contributed by atoms with E-state index in [1.165, 1.54) is 0 Å². The minimum Gasteiger partial charge on any atom is -0.368 e. The number of hydrogen-bond donors (Lipinski definition) is 3. The Labute approximate surface area is 125 Å². The van der Waals surface area contributed by atoms with Gasteiger partial charge in [-0.1, -0.05) is 13.8 Å². The van der Waals surface area contributed by atoms with E-state index in [9.17, 15) is 0 Å². The van der Waals surface area contributed by atoms with Crippen LogP contribution >= 0.6 is 0 Å². The van der Waals surface area contributed by atoms with Crippen molar-refractivity contribution in [3.05, 3.63) is 6.33 Å². The van der Waals surface area contributed by atoms with Crippen LogP contribution in [0.2, 0.25) is 0 Å². The van der Waals surface area contributed by atoms with Gasteiger partial charge in [0, 0.05) is 6.04 Å². The Bertz CT molecular complexity index is 561. The van der Waals surface area contributed by atoms with E-state index in [0.29, 0.717) is 11.7 Å². The van der Waals surface area contributed by atoms with Gasteiger partial charge in [0.2, 0.25) is 5.95 Å². The first-order valence-electron chi connectivity index (χ1n) is 7.59. The summed E-state index contributed by atoms with van der Waals surface area (Å²) in [5.41, 5.74) is 7.12. The van der Waals surface area contributed by atoms with Crippen molar-refractivity contribution >= 4 is 22.9 Å². The lowest BCUT2D eigenvalue weighted by atomic mass is 10.1. The van der Waals surface area contributed by atoms with Gasteiger partial charge in [-0.2, -0.15) is 9.97 Å². The van der Waals surface area contributed by atoms with Crippen LogP contribution in [0.1, 0.15) is 33.6 Å². The number of H-pyrrole nitrogens is 1. The lowest BCUT2D eigenvalue weighted by Gasteiger charge is -2.20. The number of fused-ring (bicyclic) bond motifs is 1. The number of imidazole rings is 1. The molecule has 0 spiro atoms. The number of rotatable bonds is 8. The third-order valence-corrected chi connectivity index (χ3v) is 3.69. The van der Waals surface area contributed by atoms with Crippen molar-refractivity contribution in [1.82, 2.24) is 24.8 Å². The second kappa shape index (κ2) is 7.21. The fraction of sp³-hybridized carbons (Fsp3) is 0.643. The van der Waals surface area contributed by atoms with Crippen LogP contribution in [0.3, 0.4) is 0 Å². The molecule has 0 aliphatic heterocycles. The first kappa shape index (κ1) is 15.5. The van der Waals surface area contributed by atoms with Gasteiger partial charge in [-0.05, 0) is 39.4 Å². The maximum Gasteiger partial charge on any atom is 0.224 e. The Morgan fingerprint density at radius 2 is 2.10 bits per heavy atom. The first-order valence-corrected chi connectivity index (χ1v) is 7.59. The zero-order valence-electron chi connectivity index (χ0n) is 13.1. The smallest absolute Gasteiger partial charge is 0.224 e. The Hall–Kier alpha value is -1.89. The van der Waals surface area contributed by atoms with Crippen LogP contribution in [0.5, 0.6) is 0 Å². The van der Waals surface area contributed by atoms with Crippen molar-refractivity contribution < 1.29 is 0 Å². The molecule has 0 saturated heterocycles. The highest BCUT2D eigenvalue weighted by Gasteiger charge is 2.11. The number of nitrogens with two attached hydrogens (primary N) is 1. The van der Waals surface area contributed by atoms with E-state index >= 15 is 0 Å². The number of anilines is 2. The molecule has 0 fully saturated rings. The molecule has 2 aromatic heterocycles. The number of nitrogens with one attached hydrogen (secondary N) is 2. The van der Waals surface area contributed by atoms with E-state index in [2.05, 4.69) is 50.9 Å². The maximum atomic E-state index is 5.71. The maximum absolute atomic E-state index is 5.71. The van der Waals surface area contributed by atoms with Crippen molar-refractivity contribution in [2.45, 2.75) is 39.7 Å². The lowest BCUT2D eigenvalue weighted by Crippen LogP contribution is -2.25. The average molecular weight is 291 g/mol. The summed E-state index contributed by atoms with van der Waals surface area (Å²) in [7, 11) is 0. The van der Waals surface area contributed by atoms with Crippen LogP contribution < -0.4 is 11.1 Å². The summed E-state index contributed by atoms with van der Waals surface area (Å²) in [6.45, 7) is 9.89. The highest BCUT2D eigenvalue weighted by atomic mass is 15.1. The van der Waals surface area contributed by atoms with Crippen LogP contribution in [0.15, 0.2) is 6.33 Å². The number of nitrogen functional groups attached to an aromatic ring is 1. The number of nitrogens with zero attached hydrogens (tertiary/aromatic N) is 4. The second-order valence-corrected chi connectivity index (χ2v) is 5.25. The van der Waals surface area contributed by atoms with Gasteiger partial charge < -0.3 is 20.9 Å². The summed E-state index contributed by atoms with van der Waals surface area (Å²) < 4.78 is 0. The predicted octanol–water partition coefficient (Wildman–Crippen LogP) is 1.86. The molecule has 0 aromatic carbocycles. The monoisotopic (exact) mass is 291 g/mol. The zero-order valence-corrected chi connectivity index (χ0v) is 13.1. The molecule has 2 aromatic rings. The third kappa shape index (κ3) is 4.04. The fourth-order valence-corrected chi connectivity index (χ4v) is 2.42. The standard InChI is InChI=1S/C14H25N7/c1-4-21(5-2)8-6-7-10(3)18-13-11-12(17-9-16-11)19-14(15)20-13/h9-10H,4-8H2,1-3H3,(H4,15,16,17,18,19,20). The number of hydrogen-bond acceptors (Lipinski definition) is 6. The van der Waals surface area contributed by atoms with Gasteiger partial charge in [-0.15, -0.1) is 0 Å². The fourth-order valence-electron chi connectivity index (χ4n) is 2.42. The number of aromatic nitrogens is 4. The summed E-state index contributed by atoms with van der Waals surface area (Å²) in [6, 6.07) is 0.321. The van der Waals surface area contributed by atoms with Crippen molar-refractivity contribution in [1.29, 1.82) is 0 Å². The predicted molar refractivity (Wildman–Crippen MR) is 86.2 cm³/mol. The summed E-state index contributed by atoms with van der Waals surface area (Å²) in [6.07, 6.45) is 3.84. The van der Waals surface area contributed by atoms with Crippen LogP contribution in [0.25, 0.3) is 11.2 Å². The van der Waals surface area contributed by atoms with E-state index in [-0.39, 0.29) is 5.95 Å². The normalized spacial score (nSPS) is 13.0. The zero-order chi connectivity index (χ0) is 15.2. The molecule has 0 amide bonds. The molecule has 7 nitrogen and oxygen atoms in total. The first-order chi connectivity index (χ1) is 10.1. The molecular weight excluding hydrogens is 266 g/mol. The minimum absolute atomic E-state index is 0.243. The van der Waals surface area contributed by atoms with Gasteiger partial charge in [0.25, 0.3) is 0 Å². The molecule has 0 bridgehead atoms. The quantitative estimate of drug-likeness (QED) is 0.687. The molecule has 0 radical (unpaired) electrons. The second-order valence-electron chi connectivity index (χ2n) is 5.25. The minimum atomic E-state index is 0.243. The van der Waals surface area contributed by atoms with Gasteiger partial charge in [-0.3, -0.25) is 0 Å². The van der Waals surface area contributed by atoms with E-state index in [4.69, 9.17) is 5.73 Å². The molecule has 1 atom stereocenters. The molecular formula is C14H25N7. The Morgan fingerprint density at radius 3 is 2.81 bits per heavy atom. The van der Waals surface area contributed by atoms with Crippen molar-refractivity contribution in [2.24, 2.45) is 0 Å². The molecule has 7 heteroatoms. The summed E-state index contributed by atoms with van der Waals surface area (Å²) in [4.78, 5) is 18.0. The largest absolute Gasteiger partial charge is 0.368 e. The highest BCUT2D eigenvalue weighted by Crippen LogP contribution is 2.18. The summed E-state index contributed by atoms with van der Waals surface area (Å²) in [5.74, 6) is 0.970. The van der Waals surface area contributed by atoms with Crippen molar-refractivity contribution in [3.63, 3.8) is 0 Å². The third-order valence-electron chi connectivity index (χ3n) is 3.69. The molecule has 116 valence electrons. The van der Waals surface area contributed by atoms with Crippen LogP contribution in [0, 0.1) is 0 Å². The van der Waals surface area contributed by atoms with E-state index < -0.39 is 0 Å². The van der Waals surface area contributed by atoms with E-state index in [0.717, 1.165) is 43.8 Å². The summed E-state index contributed by atoms with van der Waals surface area (Å²) in [5, 5.41) is 3.40. The Kier molecular flexibility index (Phi) is 5.32. The van der Waals surface area contributed by atoms with Gasteiger partial charge in [-0.25, -0.2) is 4.98 Å².